The largest absolute Gasteiger partial charge is 0.454 e. The molecule has 1 aliphatic rings. The molecule has 0 atom stereocenters. The van der Waals surface area contributed by atoms with E-state index in [0.717, 1.165) is 35.0 Å². The summed E-state index contributed by atoms with van der Waals surface area (Å²) in [7, 11) is 0. The molecule has 3 heterocycles. The van der Waals surface area contributed by atoms with Gasteiger partial charge >= 0.3 is 0 Å². The molecule has 2 N–H and O–H groups in total. The lowest BCUT2D eigenvalue weighted by atomic mass is 9.99. The van der Waals surface area contributed by atoms with Gasteiger partial charge in [0.2, 0.25) is 0 Å². The van der Waals surface area contributed by atoms with Gasteiger partial charge in [0.1, 0.15) is 11.2 Å². The molecular formula is C23H27N3O3. The first-order valence-corrected chi connectivity index (χ1v) is 10.7. The topological polar surface area (TPSA) is 83.8 Å². The smallest absolute Gasteiger partial charge is 0.274 e. The average molecular weight is 393 g/mol. The number of benzene rings is 1. The number of nitrogens with zero attached hydrogens (tertiary/aromatic N) is 1. The van der Waals surface area contributed by atoms with Gasteiger partial charge in [-0.2, -0.15) is 0 Å². The Balaban J connectivity index is 1.90. The van der Waals surface area contributed by atoms with Gasteiger partial charge in [0, 0.05) is 16.5 Å². The van der Waals surface area contributed by atoms with Gasteiger partial charge in [-0.15, -0.1) is 0 Å². The van der Waals surface area contributed by atoms with Crippen LogP contribution in [0.5, 0.6) is 0 Å². The van der Waals surface area contributed by atoms with Gasteiger partial charge in [-0.05, 0) is 37.8 Å². The van der Waals surface area contributed by atoms with Crippen molar-refractivity contribution < 1.29 is 4.42 Å². The fourth-order valence-electron chi connectivity index (χ4n) is 4.99. The van der Waals surface area contributed by atoms with E-state index in [1.54, 1.807) is 13.0 Å². The number of H-pyrrole nitrogens is 2. The highest BCUT2D eigenvalue weighted by molar-refractivity contribution is 6.08. The molecule has 6 heteroatoms. The molecule has 1 saturated carbocycles. The van der Waals surface area contributed by atoms with Gasteiger partial charge in [0.25, 0.3) is 5.56 Å². The van der Waals surface area contributed by atoms with E-state index < -0.39 is 0 Å². The maximum Gasteiger partial charge on any atom is 0.274 e. The van der Waals surface area contributed by atoms with Crippen LogP contribution in [0.3, 0.4) is 0 Å². The third-order valence-corrected chi connectivity index (χ3v) is 6.51. The first kappa shape index (κ1) is 18.3. The van der Waals surface area contributed by atoms with Crippen LogP contribution in [0.4, 0.5) is 0 Å². The Kier molecular flexibility index (Phi) is 4.19. The van der Waals surface area contributed by atoms with Gasteiger partial charge in [0.05, 0.1) is 16.9 Å². The average Bonchev–Trinajstić information content (AvgIpc) is 3.08. The van der Waals surface area contributed by atoms with Gasteiger partial charge < -0.3 is 9.40 Å². The van der Waals surface area contributed by atoms with Crippen LogP contribution < -0.4 is 11.0 Å². The molecule has 6 nitrogen and oxygen atoms in total. The molecule has 1 aromatic carbocycles. The van der Waals surface area contributed by atoms with Crippen LogP contribution in [0.2, 0.25) is 0 Å². The van der Waals surface area contributed by atoms with E-state index in [0.29, 0.717) is 28.2 Å². The summed E-state index contributed by atoms with van der Waals surface area (Å²) in [5.41, 5.74) is 4.39. The van der Waals surface area contributed by atoms with Crippen molar-refractivity contribution in [2.24, 2.45) is 0 Å². The number of hydrogen-bond acceptors (Lipinski definition) is 3. The molecule has 3 aromatic heterocycles. The predicted molar refractivity (Wildman–Crippen MR) is 116 cm³/mol. The van der Waals surface area contributed by atoms with E-state index in [1.807, 2.05) is 6.07 Å². The number of aromatic nitrogens is 3. The van der Waals surface area contributed by atoms with Crippen LogP contribution in [0, 0.1) is 6.92 Å². The number of pyridine rings is 1. The maximum absolute atomic E-state index is 13.0. The van der Waals surface area contributed by atoms with Gasteiger partial charge in [-0.3, -0.25) is 19.4 Å². The molecule has 0 aliphatic heterocycles. The minimum Gasteiger partial charge on any atom is -0.454 e. The first-order chi connectivity index (χ1) is 14.0. The van der Waals surface area contributed by atoms with Crippen LogP contribution >= 0.6 is 0 Å². The molecular weight excluding hydrogens is 366 g/mol. The van der Waals surface area contributed by atoms with Crippen LogP contribution in [0.1, 0.15) is 75.5 Å². The van der Waals surface area contributed by atoms with Gasteiger partial charge in [0.15, 0.2) is 11.0 Å². The molecule has 0 bridgehead atoms. The minimum absolute atomic E-state index is 0.0342. The van der Waals surface area contributed by atoms with Crippen molar-refractivity contribution in [1.82, 2.24) is 14.8 Å². The van der Waals surface area contributed by atoms with Crippen molar-refractivity contribution in [2.75, 3.05) is 0 Å². The second-order valence-corrected chi connectivity index (χ2v) is 8.74. The predicted octanol–water partition coefficient (Wildman–Crippen LogP) is 5.24. The van der Waals surface area contributed by atoms with Crippen molar-refractivity contribution in [1.29, 1.82) is 0 Å². The highest BCUT2D eigenvalue weighted by Gasteiger charge is 2.25. The van der Waals surface area contributed by atoms with Gasteiger partial charge in [-0.1, -0.05) is 39.5 Å². The Morgan fingerprint density at radius 2 is 1.79 bits per heavy atom. The van der Waals surface area contributed by atoms with E-state index in [2.05, 4.69) is 28.6 Å². The Hall–Kier alpha value is -2.76. The molecule has 4 aromatic rings. The van der Waals surface area contributed by atoms with E-state index in [9.17, 15) is 9.59 Å². The molecule has 0 spiro atoms. The van der Waals surface area contributed by atoms with Gasteiger partial charge in [-0.25, -0.2) is 0 Å². The number of hydrogen-bond donors (Lipinski definition) is 2. The van der Waals surface area contributed by atoms with E-state index in [4.69, 9.17) is 4.42 Å². The Morgan fingerprint density at radius 3 is 2.48 bits per heavy atom. The summed E-state index contributed by atoms with van der Waals surface area (Å²) >= 11 is 0. The summed E-state index contributed by atoms with van der Waals surface area (Å²) in [5.74, 6) is 0.105. The molecule has 0 saturated heterocycles. The van der Waals surface area contributed by atoms with Crippen molar-refractivity contribution in [3.63, 3.8) is 0 Å². The first-order valence-electron chi connectivity index (χ1n) is 10.7. The van der Waals surface area contributed by atoms with Crippen LogP contribution in [-0.2, 0) is 0 Å². The quantitative estimate of drug-likeness (QED) is 0.457. The lowest BCUT2D eigenvalue weighted by Gasteiger charge is -2.17. The summed E-state index contributed by atoms with van der Waals surface area (Å²) in [6.07, 6.45) is 7.04. The van der Waals surface area contributed by atoms with Crippen molar-refractivity contribution in [3.05, 3.63) is 43.8 Å². The van der Waals surface area contributed by atoms with Crippen molar-refractivity contribution in [2.45, 2.75) is 71.3 Å². The van der Waals surface area contributed by atoms with Crippen molar-refractivity contribution in [3.8, 4) is 0 Å². The summed E-state index contributed by atoms with van der Waals surface area (Å²) in [6.45, 7) is 5.95. The van der Waals surface area contributed by atoms with E-state index in [1.165, 1.54) is 25.7 Å². The Morgan fingerprint density at radius 1 is 1.07 bits per heavy atom. The molecule has 0 radical (unpaired) electrons. The Labute approximate surface area is 167 Å². The minimum atomic E-state index is -0.0761. The zero-order valence-electron chi connectivity index (χ0n) is 17.2. The fourth-order valence-corrected chi connectivity index (χ4v) is 4.99. The molecule has 0 amide bonds. The highest BCUT2D eigenvalue weighted by atomic mass is 16.3. The van der Waals surface area contributed by atoms with Crippen LogP contribution in [0.15, 0.2) is 26.1 Å². The second-order valence-electron chi connectivity index (χ2n) is 8.74. The SMILES string of the molecule is Cc1c(=O)ccc2c1oc1c(C(C)C)c3c(=O)[nH]n(C4CCCCCC4)c3[nH]c12. The molecule has 1 fully saturated rings. The maximum atomic E-state index is 13.0. The second kappa shape index (κ2) is 6.65. The Bertz CT molecular complexity index is 1340. The number of aromatic amines is 2. The third kappa shape index (κ3) is 2.69. The summed E-state index contributed by atoms with van der Waals surface area (Å²) in [4.78, 5) is 28.7. The van der Waals surface area contributed by atoms with Crippen LogP contribution in [0.25, 0.3) is 33.1 Å². The lowest BCUT2D eigenvalue weighted by Crippen LogP contribution is -2.13. The zero-order chi connectivity index (χ0) is 20.3. The number of rotatable bonds is 2. The van der Waals surface area contributed by atoms with Crippen molar-refractivity contribution >= 4 is 33.1 Å². The van der Waals surface area contributed by atoms with E-state index >= 15 is 0 Å². The fraction of sp³-hybridized carbons (Fsp3) is 0.478. The molecule has 0 unspecified atom stereocenters. The number of nitrogens with one attached hydrogen (secondary N) is 2. The van der Waals surface area contributed by atoms with E-state index in [-0.39, 0.29) is 16.9 Å². The summed E-state index contributed by atoms with van der Waals surface area (Å²) in [6, 6.07) is 3.71. The number of fused-ring (bicyclic) bond motifs is 4. The molecule has 5 rings (SSSR count). The number of furan rings is 1. The molecule has 29 heavy (non-hydrogen) atoms. The lowest BCUT2D eigenvalue weighted by molar-refractivity contribution is 0.413. The zero-order valence-corrected chi connectivity index (χ0v) is 17.2. The third-order valence-electron chi connectivity index (χ3n) is 6.51. The molecule has 1 aliphatic carbocycles. The van der Waals surface area contributed by atoms with Crippen LogP contribution in [-0.4, -0.2) is 14.8 Å². The standard InChI is InChI=1S/C23H27N3O3/c1-12(2)17-18-22(26(25-23(18)28)14-8-6-4-5-7-9-14)24-19-15-10-11-16(27)13(3)20(15)29-21(17)19/h10-12,14,24H,4-9H2,1-3H3,(H,25,28). The number of aryl methyl sites for hydroxylation is 1. The summed E-state index contributed by atoms with van der Waals surface area (Å²) in [5, 5.41) is 4.68. The highest BCUT2D eigenvalue weighted by Crippen LogP contribution is 2.38. The molecule has 152 valence electrons. The normalized spacial score (nSPS) is 16.4. The monoisotopic (exact) mass is 393 g/mol. The summed E-state index contributed by atoms with van der Waals surface area (Å²) < 4.78 is 8.26.